The number of benzene rings is 1. The Morgan fingerprint density at radius 2 is 1.52 bits per heavy atom. The molecule has 50 heavy (non-hydrogen) atoms. The highest BCUT2D eigenvalue weighted by atomic mass is 32.2. The zero-order valence-electron chi connectivity index (χ0n) is 31.8. The lowest BCUT2D eigenvalue weighted by atomic mass is 9.32. The lowest BCUT2D eigenvalue weighted by Crippen LogP contribution is -2.68. The van der Waals surface area contributed by atoms with Crippen molar-refractivity contribution >= 4 is 21.4 Å². The standard InChI is InChI=1S/C43H64N2O4S/c1-38(2)31(29-7-9-30(10-8-29)37(46)47)13-16-40(4)34(38)15-17-42(6)35(40)12-11-33-36-32(39(3)19-20-39)14-18-43(36,22-21-41(33,42)5)44-23-24-45-25-27-50(48,49)28-26-45/h7-10,13,32-36,44H,11-12,14-28H2,1-6H3,(H,46,47)/t32-,33-,34+,35?,36-,40+,41-,42-,43?/m1/s1. The van der Waals surface area contributed by atoms with Gasteiger partial charge in [0.15, 0.2) is 9.84 Å². The Kier molecular flexibility index (Phi) is 8.23. The van der Waals surface area contributed by atoms with Crippen molar-refractivity contribution in [3.63, 3.8) is 0 Å². The van der Waals surface area contributed by atoms with E-state index in [1.165, 1.54) is 75.3 Å². The Morgan fingerprint density at radius 1 is 0.820 bits per heavy atom. The highest BCUT2D eigenvalue weighted by Gasteiger charge is 2.71. The van der Waals surface area contributed by atoms with Crippen LogP contribution in [-0.4, -0.2) is 67.6 Å². The van der Waals surface area contributed by atoms with Gasteiger partial charge >= 0.3 is 5.97 Å². The maximum Gasteiger partial charge on any atom is 0.335 e. The zero-order valence-corrected chi connectivity index (χ0v) is 32.6. The molecule has 6 fully saturated rings. The Labute approximate surface area is 302 Å². The first kappa shape index (κ1) is 35.3. The first-order chi connectivity index (χ1) is 23.5. The number of carboxylic acid groups (broad SMARTS) is 1. The molecule has 7 aliphatic rings. The SMILES string of the molecule is CC1([C@@H]2CCC3(NCCN4CCS(=O)(=O)CC4)CC[C@]4(C)[C@H](CCC5[C@@]6(C)CC=C(c7ccc(C(=O)O)cc7)C(C)(C)[C@@H]6CC[C@]54C)[C@@H]23)CC1. The van der Waals surface area contributed by atoms with Crippen LogP contribution in [0.4, 0.5) is 0 Å². The topological polar surface area (TPSA) is 86.7 Å². The number of aromatic carboxylic acids is 1. The van der Waals surface area contributed by atoms with Gasteiger partial charge < -0.3 is 15.3 Å². The zero-order chi connectivity index (χ0) is 35.5. The molecule has 6 nitrogen and oxygen atoms in total. The average molecular weight is 705 g/mol. The number of nitrogens with zero attached hydrogens (tertiary/aromatic N) is 1. The van der Waals surface area contributed by atoms with Gasteiger partial charge in [-0.25, -0.2) is 13.2 Å². The second-order valence-electron chi connectivity index (χ2n) is 20.0. The monoisotopic (exact) mass is 704 g/mol. The lowest BCUT2D eigenvalue weighted by Gasteiger charge is -2.72. The van der Waals surface area contributed by atoms with Crippen molar-refractivity contribution in [3.8, 4) is 0 Å². The predicted molar refractivity (Wildman–Crippen MR) is 202 cm³/mol. The molecule has 0 aromatic heterocycles. The van der Waals surface area contributed by atoms with Gasteiger partial charge in [0.05, 0.1) is 17.1 Å². The Balaban J connectivity index is 1.06. The van der Waals surface area contributed by atoms with E-state index in [0.717, 1.165) is 37.3 Å². The molecule has 1 heterocycles. The predicted octanol–water partition coefficient (Wildman–Crippen LogP) is 8.33. The number of hydrogen-bond donors (Lipinski definition) is 2. The molecule has 9 atom stereocenters. The van der Waals surface area contributed by atoms with E-state index in [4.69, 9.17) is 0 Å². The number of hydrogen-bond acceptors (Lipinski definition) is 5. The van der Waals surface area contributed by atoms with Gasteiger partial charge in [-0.1, -0.05) is 59.8 Å². The molecule has 2 N–H and O–H groups in total. The minimum absolute atomic E-state index is 0.0259. The van der Waals surface area contributed by atoms with E-state index in [1.54, 1.807) is 12.1 Å². The fourth-order valence-electron chi connectivity index (χ4n) is 14.6. The van der Waals surface area contributed by atoms with Crippen LogP contribution in [0.3, 0.4) is 0 Å². The second-order valence-corrected chi connectivity index (χ2v) is 22.3. The molecule has 7 heteroatoms. The van der Waals surface area contributed by atoms with Crippen molar-refractivity contribution in [2.75, 3.05) is 37.7 Å². The maximum absolute atomic E-state index is 12.1. The van der Waals surface area contributed by atoms with E-state index < -0.39 is 15.8 Å². The third-order valence-corrected chi connectivity index (χ3v) is 19.3. The second kappa shape index (κ2) is 11.6. The van der Waals surface area contributed by atoms with Gasteiger partial charge in [-0.05, 0) is 151 Å². The lowest BCUT2D eigenvalue weighted by molar-refractivity contribution is -0.222. The molecule has 0 amide bonds. The number of carbonyl (C=O) groups is 1. The van der Waals surface area contributed by atoms with Crippen molar-refractivity contribution in [3.05, 3.63) is 41.5 Å². The Hall–Kier alpha value is -1.70. The number of allylic oxidation sites excluding steroid dienone is 2. The van der Waals surface area contributed by atoms with Gasteiger partial charge in [0.1, 0.15) is 0 Å². The molecule has 0 spiro atoms. The minimum atomic E-state index is -2.85. The minimum Gasteiger partial charge on any atom is -0.478 e. The molecule has 8 rings (SSSR count). The molecular formula is C43H64N2O4S. The first-order valence-electron chi connectivity index (χ1n) is 20.2. The maximum atomic E-state index is 12.1. The summed E-state index contributed by atoms with van der Waals surface area (Å²) in [5.41, 5.74) is 4.63. The number of carboxylic acids is 1. The van der Waals surface area contributed by atoms with E-state index in [0.29, 0.717) is 58.2 Å². The summed E-state index contributed by atoms with van der Waals surface area (Å²) >= 11 is 0. The van der Waals surface area contributed by atoms with E-state index in [1.807, 2.05) is 12.1 Å². The van der Waals surface area contributed by atoms with Crippen LogP contribution in [0, 0.1) is 56.7 Å². The molecule has 2 unspecified atom stereocenters. The Morgan fingerprint density at radius 3 is 2.18 bits per heavy atom. The fraction of sp³-hybridized carbons (Fsp3) is 0.791. The van der Waals surface area contributed by atoms with Crippen LogP contribution in [-0.2, 0) is 9.84 Å². The summed E-state index contributed by atoms with van der Waals surface area (Å²) in [4.78, 5) is 14.0. The van der Waals surface area contributed by atoms with Gasteiger partial charge in [-0.2, -0.15) is 0 Å². The highest BCUT2D eigenvalue weighted by Crippen LogP contribution is 2.78. The van der Waals surface area contributed by atoms with Crippen molar-refractivity contribution < 1.29 is 18.3 Å². The molecule has 1 aliphatic heterocycles. The van der Waals surface area contributed by atoms with Crippen molar-refractivity contribution in [2.24, 2.45) is 56.7 Å². The third kappa shape index (κ3) is 5.19. The summed E-state index contributed by atoms with van der Waals surface area (Å²) in [6.45, 7) is 19.0. The van der Waals surface area contributed by atoms with Crippen LogP contribution in [0.2, 0.25) is 0 Å². The van der Waals surface area contributed by atoms with Crippen LogP contribution < -0.4 is 5.32 Å². The van der Waals surface area contributed by atoms with Gasteiger partial charge in [0, 0.05) is 31.7 Å². The summed E-state index contributed by atoms with van der Waals surface area (Å²) in [6.07, 6.45) is 17.0. The highest BCUT2D eigenvalue weighted by molar-refractivity contribution is 7.91. The summed E-state index contributed by atoms with van der Waals surface area (Å²) < 4.78 is 24.1. The summed E-state index contributed by atoms with van der Waals surface area (Å²) in [6, 6.07) is 7.63. The van der Waals surface area contributed by atoms with Crippen LogP contribution >= 0.6 is 0 Å². The van der Waals surface area contributed by atoms with E-state index in [-0.39, 0.29) is 16.4 Å². The number of nitrogens with one attached hydrogen (secondary N) is 1. The molecule has 6 aliphatic carbocycles. The molecule has 276 valence electrons. The number of sulfone groups is 1. The van der Waals surface area contributed by atoms with Crippen molar-refractivity contribution in [2.45, 2.75) is 118 Å². The first-order valence-corrected chi connectivity index (χ1v) is 22.0. The van der Waals surface area contributed by atoms with Gasteiger partial charge in [0.25, 0.3) is 0 Å². The molecular weight excluding hydrogens is 641 g/mol. The van der Waals surface area contributed by atoms with Gasteiger partial charge in [-0.15, -0.1) is 0 Å². The Bertz CT molecular complexity index is 1650. The quantitative estimate of drug-likeness (QED) is 0.297. The van der Waals surface area contributed by atoms with Gasteiger partial charge in [0.2, 0.25) is 0 Å². The average Bonchev–Trinajstić information content (AvgIpc) is 3.68. The molecule has 1 aromatic carbocycles. The number of rotatable bonds is 7. The van der Waals surface area contributed by atoms with Crippen molar-refractivity contribution in [1.29, 1.82) is 0 Å². The van der Waals surface area contributed by atoms with Crippen molar-refractivity contribution in [1.82, 2.24) is 10.2 Å². The molecule has 5 saturated carbocycles. The van der Waals surface area contributed by atoms with E-state index in [2.05, 4.69) is 57.8 Å². The van der Waals surface area contributed by atoms with Gasteiger partial charge in [-0.3, -0.25) is 0 Å². The molecule has 1 saturated heterocycles. The molecule has 1 aromatic rings. The fourth-order valence-corrected chi connectivity index (χ4v) is 15.9. The van der Waals surface area contributed by atoms with Crippen LogP contribution in [0.1, 0.15) is 128 Å². The largest absolute Gasteiger partial charge is 0.478 e. The summed E-state index contributed by atoms with van der Waals surface area (Å²) in [5, 5.41) is 13.8. The van der Waals surface area contributed by atoms with Crippen LogP contribution in [0.25, 0.3) is 5.57 Å². The molecule has 0 radical (unpaired) electrons. The number of fused-ring (bicyclic) bond motifs is 7. The summed E-state index contributed by atoms with van der Waals surface area (Å²) in [7, 11) is -2.85. The normalized spacial score (nSPS) is 44.2. The van der Waals surface area contributed by atoms with Crippen LogP contribution in [0.5, 0.6) is 0 Å². The molecule has 0 bridgehead atoms. The van der Waals surface area contributed by atoms with Crippen LogP contribution in [0.15, 0.2) is 30.3 Å². The van der Waals surface area contributed by atoms with E-state index in [9.17, 15) is 18.3 Å². The smallest absolute Gasteiger partial charge is 0.335 e. The van der Waals surface area contributed by atoms with E-state index >= 15 is 0 Å². The summed E-state index contributed by atoms with van der Waals surface area (Å²) in [5.74, 6) is 3.38. The third-order valence-electron chi connectivity index (χ3n) is 17.7.